The van der Waals surface area contributed by atoms with Crippen LogP contribution in [0.3, 0.4) is 0 Å². The number of allylic oxidation sites excluding steroid dienone is 14. The van der Waals surface area contributed by atoms with Crippen LogP contribution in [-0.4, -0.2) is 142 Å². The number of ether oxygens (including phenoxy) is 6. The van der Waals surface area contributed by atoms with E-state index in [1.165, 1.54) is 51.4 Å². The van der Waals surface area contributed by atoms with Gasteiger partial charge in [-0.3, -0.25) is 4.79 Å². The second-order valence-electron chi connectivity index (χ2n) is 19.4. The maximum Gasteiger partial charge on any atom is 0.306 e. The first kappa shape index (κ1) is 66.3. The zero-order chi connectivity index (χ0) is 53.0. The highest BCUT2D eigenvalue weighted by molar-refractivity contribution is 5.69. The minimum absolute atomic E-state index is 0.0451. The fourth-order valence-electron chi connectivity index (χ4n) is 8.34. The van der Waals surface area contributed by atoms with Gasteiger partial charge in [0.2, 0.25) is 0 Å². The molecule has 2 rings (SSSR count). The minimum atomic E-state index is -1.72. The number of aliphatic hydroxyl groups excluding tert-OH is 7. The van der Waals surface area contributed by atoms with E-state index in [-0.39, 0.29) is 19.6 Å². The van der Waals surface area contributed by atoms with Gasteiger partial charge >= 0.3 is 5.97 Å². The van der Waals surface area contributed by atoms with Crippen LogP contribution in [0.2, 0.25) is 0 Å². The second kappa shape index (κ2) is 45.4. The average Bonchev–Trinajstić information content (AvgIpc) is 3.39. The molecule has 11 atom stereocenters. The van der Waals surface area contributed by atoms with E-state index in [9.17, 15) is 40.5 Å². The van der Waals surface area contributed by atoms with Crippen molar-refractivity contribution >= 4 is 5.97 Å². The molecule has 2 saturated heterocycles. The van der Waals surface area contributed by atoms with E-state index >= 15 is 0 Å². The third kappa shape index (κ3) is 32.4. The number of hydrogen-bond donors (Lipinski definition) is 7. The Labute approximate surface area is 439 Å². The van der Waals surface area contributed by atoms with Crippen LogP contribution in [0.15, 0.2) is 85.1 Å². The molecule has 2 aliphatic rings. The molecule has 7 N–H and O–H groups in total. The number of hydrogen-bond acceptors (Lipinski definition) is 14. The number of rotatable bonds is 44. The third-order valence-electron chi connectivity index (χ3n) is 12.9. The van der Waals surface area contributed by atoms with E-state index in [1.807, 2.05) is 0 Å². The van der Waals surface area contributed by atoms with Gasteiger partial charge in [-0.15, -0.1) is 0 Å². The van der Waals surface area contributed by atoms with Crippen LogP contribution in [0.5, 0.6) is 0 Å². The lowest BCUT2D eigenvalue weighted by Crippen LogP contribution is -2.61. The summed E-state index contributed by atoms with van der Waals surface area (Å²) in [6.07, 6.45) is 42.1. The summed E-state index contributed by atoms with van der Waals surface area (Å²) in [5, 5.41) is 72.3. The maximum atomic E-state index is 13.0. The SMILES string of the molecule is CC/C=C\C/C=C\C/C=C\C/C=C\C/C=C\CCCCCCCCCCOCC(COC1OC(COC2OC(CO)C(O)C(O)C2O)C(O)C(O)C1O)OC(=O)CCCCCCC/C=C\C/C=C\CCCCC. The predicted molar refractivity (Wildman–Crippen MR) is 288 cm³/mol. The van der Waals surface area contributed by atoms with Crippen molar-refractivity contribution in [2.24, 2.45) is 0 Å². The highest BCUT2D eigenvalue weighted by Gasteiger charge is 2.47. The van der Waals surface area contributed by atoms with Crippen LogP contribution in [0.4, 0.5) is 0 Å². The molecular weight excluding hydrogens is 933 g/mol. The molecule has 2 fully saturated rings. The summed E-state index contributed by atoms with van der Waals surface area (Å²) in [5.74, 6) is -0.396. The van der Waals surface area contributed by atoms with Crippen molar-refractivity contribution < 1.29 is 69.0 Å². The van der Waals surface area contributed by atoms with Crippen LogP contribution >= 0.6 is 0 Å². The van der Waals surface area contributed by atoms with Gasteiger partial charge < -0.3 is 64.2 Å². The van der Waals surface area contributed by atoms with Crippen molar-refractivity contribution in [1.82, 2.24) is 0 Å². The molecule has 0 amide bonds. The number of carbonyl (C=O) groups is 1. The summed E-state index contributed by atoms with van der Waals surface area (Å²) in [6.45, 7) is 3.50. The fourth-order valence-corrected chi connectivity index (χ4v) is 8.34. The van der Waals surface area contributed by atoms with E-state index in [0.29, 0.717) is 13.0 Å². The van der Waals surface area contributed by atoms with E-state index in [1.54, 1.807) is 0 Å². The summed E-state index contributed by atoms with van der Waals surface area (Å²) < 4.78 is 34.3. The van der Waals surface area contributed by atoms with Gasteiger partial charge in [0, 0.05) is 13.0 Å². The molecule has 2 heterocycles. The Morgan fingerprint density at radius 3 is 1.40 bits per heavy atom. The smallest absolute Gasteiger partial charge is 0.306 e. The molecule has 420 valence electrons. The Hall–Kier alpha value is -2.83. The molecule has 0 aromatic carbocycles. The molecule has 14 heteroatoms. The molecule has 0 aromatic heterocycles. The Balaban J connectivity index is 1.73. The zero-order valence-electron chi connectivity index (χ0n) is 44.8. The van der Waals surface area contributed by atoms with Crippen LogP contribution in [0, 0.1) is 0 Å². The van der Waals surface area contributed by atoms with Gasteiger partial charge in [-0.1, -0.05) is 170 Å². The van der Waals surface area contributed by atoms with Crippen LogP contribution in [-0.2, 0) is 33.2 Å². The highest BCUT2D eigenvalue weighted by atomic mass is 16.7. The normalized spacial score (nSPS) is 25.6. The molecule has 0 spiro atoms. The molecule has 0 aromatic rings. The van der Waals surface area contributed by atoms with E-state index in [0.717, 1.165) is 103 Å². The van der Waals surface area contributed by atoms with Crippen molar-refractivity contribution in [1.29, 1.82) is 0 Å². The van der Waals surface area contributed by atoms with Crippen LogP contribution in [0.25, 0.3) is 0 Å². The number of aliphatic hydroxyl groups is 7. The molecule has 11 unspecified atom stereocenters. The van der Waals surface area contributed by atoms with E-state index < -0.39 is 86.7 Å². The van der Waals surface area contributed by atoms with Gasteiger partial charge in [-0.2, -0.15) is 0 Å². The fraction of sp³-hybridized carbons (Fsp3) is 0.746. The summed E-state index contributed by atoms with van der Waals surface area (Å²) >= 11 is 0. The molecule has 2 aliphatic heterocycles. The van der Waals surface area contributed by atoms with Gasteiger partial charge in [-0.25, -0.2) is 0 Å². The van der Waals surface area contributed by atoms with E-state index in [2.05, 4.69) is 98.9 Å². The second-order valence-corrected chi connectivity index (χ2v) is 19.4. The largest absolute Gasteiger partial charge is 0.457 e. The van der Waals surface area contributed by atoms with Gasteiger partial charge in [0.1, 0.15) is 54.9 Å². The first-order chi connectivity index (χ1) is 35.6. The number of unbranched alkanes of at least 4 members (excludes halogenated alkanes) is 16. The standard InChI is InChI=1S/C59H100O14/c1-3-5-7-9-11-13-15-17-19-20-21-22-23-24-25-26-27-29-31-33-35-37-39-41-43-68-45-48(71-51(61)42-40-38-36-34-32-30-28-18-16-14-12-10-8-6-4-2)46-69-58-57(67)55(65)53(63)50(73-58)47-70-59-56(66)54(64)52(62)49(44-60)72-59/h5,7,11-14,17-19,21-22,24-25,28,48-50,52-60,62-67H,3-4,6,8-10,15-16,20,23,26-27,29-47H2,1-2H3/b7-5-,13-11-,14-12-,19-17-,22-21-,25-24-,28-18-. The lowest BCUT2D eigenvalue weighted by atomic mass is 9.98. The maximum absolute atomic E-state index is 13.0. The Morgan fingerprint density at radius 2 is 0.890 bits per heavy atom. The van der Waals surface area contributed by atoms with Crippen molar-refractivity contribution in [3.63, 3.8) is 0 Å². The lowest BCUT2D eigenvalue weighted by molar-refractivity contribution is -0.332. The van der Waals surface area contributed by atoms with Crippen molar-refractivity contribution in [3.05, 3.63) is 85.1 Å². The summed E-state index contributed by atoms with van der Waals surface area (Å²) in [4.78, 5) is 13.0. The quantitative estimate of drug-likeness (QED) is 0.0172. The zero-order valence-corrected chi connectivity index (χ0v) is 44.8. The molecule has 0 bridgehead atoms. The lowest BCUT2D eigenvalue weighted by Gasteiger charge is -2.42. The first-order valence-corrected chi connectivity index (χ1v) is 28.2. The minimum Gasteiger partial charge on any atom is -0.457 e. The summed E-state index contributed by atoms with van der Waals surface area (Å²) in [5.41, 5.74) is 0. The molecular formula is C59H100O14. The van der Waals surface area contributed by atoms with Crippen LogP contribution < -0.4 is 0 Å². The van der Waals surface area contributed by atoms with Gasteiger partial charge in [0.15, 0.2) is 12.6 Å². The first-order valence-electron chi connectivity index (χ1n) is 28.2. The highest BCUT2D eigenvalue weighted by Crippen LogP contribution is 2.26. The van der Waals surface area contributed by atoms with Crippen LogP contribution in [0.1, 0.15) is 181 Å². The number of carbonyl (C=O) groups excluding carboxylic acids is 1. The monoisotopic (exact) mass is 1030 g/mol. The Kier molecular flexibility index (Phi) is 41.2. The van der Waals surface area contributed by atoms with Crippen molar-refractivity contribution in [3.8, 4) is 0 Å². The molecule has 0 saturated carbocycles. The van der Waals surface area contributed by atoms with Crippen molar-refractivity contribution in [2.45, 2.75) is 248 Å². The van der Waals surface area contributed by atoms with Gasteiger partial charge in [-0.05, 0) is 89.9 Å². The van der Waals surface area contributed by atoms with Gasteiger partial charge in [0.05, 0.1) is 26.4 Å². The molecule has 0 radical (unpaired) electrons. The Bertz CT molecular complexity index is 1530. The molecule has 73 heavy (non-hydrogen) atoms. The van der Waals surface area contributed by atoms with E-state index in [4.69, 9.17) is 28.4 Å². The molecule has 0 aliphatic carbocycles. The average molecular weight is 1030 g/mol. The summed E-state index contributed by atoms with van der Waals surface area (Å²) in [7, 11) is 0. The predicted octanol–water partition coefficient (Wildman–Crippen LogP) is 9.63. The summed E-state index contributed by atoms with van der Waals surface area (Å²) in [6, 6.07) is 0. The topological polar surface area (TPSA) is 214 Å². The molecule has 14 nitrogen and oxygen atoms in total. The Morgan fingerprint density at radius 1 is 0.466 bits per heavy atom. The third-order valence-corrected chi connectivity index (χ3v) is 12.9. The number of esters is 1. The van der Waals surface area contributed by atoms with Gasteiger partial charge in [0.25, 0.3) is 0 Å². The van der Waals surface area contributed by atoms with Crippen molar-refractivity contribution in [2.75, 3.05) is 33.0 Å².